The number of nitrogens with zero attached hydrogens (tertiary/aromatic N) is 4. The molecule has 0 radical (unpaired) electrons. The molecule has 1 fully saturated rings. The molecule has 6 heteroatoms. The summed E-state index contributed by atoms with van der Waals surface area (Å²) in [5.41, 5.74) is 3.78. The molecule has 2 heterocycles. The molecule has 0 unspecified atom stereocenters. The van der Waals surface area contributed by atoms with Gasteiger partial charge in [0.1, 0.15) is 0 Å². The highest BCUT2D eigenvalue weighted by Gasteiger charge is 2.23. The Kier molecular flexibility index (Phi) is 5.49. The average Bonchev–Trinajstić information content (AvgIpc) is 3.00. The monoisotopic (exact) mass is 339 g/mol. The third-order valence-electron chi connectivity index (χ3n) is 4.66. The predicted octanol–water partition coefficient (Wildman–Crippen LogP) is 1.77. The number of nitrogens with one attached hydrogen (secondary N) is 1. The van der Waals surface area contributed by atoms with Crippen LogP contribution >= 0.6 is 0 Å². The molecular formula is C19H25N5O. The minimum absolute atomic E-state index is 0.203. The van der Waals surface area contributed by atoms with Gasteiger partial charge in [-0.25, -0.2) is 0 Å². The van der Waals surface area contributed by atoms with E-state index in [1.807, 2.05) is 42.2 Å². The van der Waals surface area contributed by atoms with Crippen molar-refractivity contribution in [2.24, 2.45) is 7.05 Å². The number of morpholine rings is 1. The van der Waals surface area contributed by atoms with Crippen LogP contribution < -0.4 is 5.32 Å². The number of hydrogen-bond donors (Lipinski definition) is 1. The molecule has 0 amide bonds. The Hall–Kier alpha value is -2.20. The molecule has 0 saturated carbocycles. The van der Waals surface area contributed by atoms with Crippen molar-refractivity contribution in [1.82, 2.24) is 20.0 Å². The first kappa shape index (κ1) is 17.6. The summed E-state index contributed by atoms with van der Waals surface area (Å²) in [4.78, 5) is 2.30. The SMILES string of the molecule is C[C@@H](NCc1cn(C)nc1-c1ccc(C#N)cc1)[C@H]1CN(C)CCO1. The molecule has 0 aliphatic carbocycles. The Labute approximate surface area is 149 Å². The topological polar surface area (TPSA) is 66.1 Å². The maximum Gasteiger partial charge on any atom is 0.0991 e. The average molecular weight is 339 g/mol. The second-order valence-corrected chi connectivity index (χ2v) is 6.71. The summed E-state index contributed by atoms with van der Waals surface area (Å²) >= 11 is 0. The Balaban J connectivity index is 1.69. The first-order valence-electron chi connectivity index (χ1n) is 8.63. The molecule has 2 atom stereocenters. The van der Waals surface area contributed by atoms with E-state index in [4.69, 9.17) is 10.00 Å². The number of likely N-dealkylation sites (N-methyl/N-ethyl adjacent to an activating group) is 1. The van der Waals surface area contributed by atoms with Gasteiger partial charge in [0, 0.05) is 50.0 Å². The molecule has 0 spiro atoms. The lowest BCUT2D eigenvalue weighted by Gasteiger charge is -2.34. The molecule has 25 heavy (non-hydrogen) atoms. The van der Waals surface area contributed by atoms with Gasteiger partial charge in [-0.05, 0) is 26.1 Å². The van der Waals surface area contributed by atoms with Gasteiger partial charge in [-0.3, -0.25) is 4.68 Å². The van der Waals surface area contributed by atoms with Crippen molar-refractivity contribution in [2.45, 2.75) is 25.6 Å². The van der Waals surface area contributed by atoms with Crippen LogP contribution in [-0.4, -0.2) is 53.6 Å². The number of rotatable bonds is 5. The summed E-state index contributed by atoms with van der Waals surface area (Å²) < 4.78 is 7.72. The van der Waals surface area contributed by atoms with Gasteiger partial charge in [-0.2, -0.15) is 10.4 Å². The van der Waals surface area contributed by atoms with Crippen molar-refractivity contribution < 1.29 is 4.74 Å². The smallest absolute Gasteiger partial charge is 0.0991 e. The van der Waals surface area contributed by atoms with Crippen molar-refractivity contribution in [1.29, 1.82) is 5.26 Å². The lowest BCUT2D eigenvalue weighted by atomic mass is 10.1. The minimum atomic E-state index is 0.203. The van der Waals surface area contributed by atoms with E-state index in [1.165, 1.54) is 0 Å². The Morgan fingerprint density at radius 2 is 2.12 bits per heavy atom. The van der Waals surface area contributed by atoms with Gasteiger partial charge < -0.3 is 15.0 Å². The summed E-state index contributed by atoms with van der Waals surface area (Å²) in [6, 6.07) is 9.97. The van der Waals surface area contributed by atoms with Gasteiger partial charge in [-0.15, -0.1) is 0 Å². The molecule has 1 aliphatic rings. The van der Waals surface area contributed by atoms with Crippen molar-refractivity contribution in [2.75, 3.05) is 26.7 Å². The van der Waals surface area contributed by atoms with Gasteiger partial charge in [0.25, 0.3) is 0 Å². The maximum absolute atomic E-state index is 8.95. The Morgan fingerprint density at radius 1 is 1.36 bits per heavy atom. The van der Waals surface area contributed by atoms with Crippen molar-refractivity contribution in [3.05, 3.63) is 41.6 Å². The van der Waals surface area contributed by atoms with E-state index >= 15 is 0 Å². The molecule has 1 aromatic carbocycles. The summed E-state index contributed by atoms with van der Waals surface area (Å²) in [6.07, 6.45) is 2.25. The van der Waals surface area contributed by atoms with E-state index in [0.717, 1.165) is 43.1 Å². The minimum Gasteiger partial charge on any atom is -0.374 e. The number of hydrogen-bond acceptors (Lipinski definition) is 5. The number of benzene rings is 1. The fourth-order valence-electron chi connectivity index (χ4n) is 3.13. The quantitative estimate of drug-likeness (QED) is 0.899. The molecule has 6 nitrogen and oxygen atoms in total. The molecule has 3 rings (SSSR count). The van der Waals surface area contributed by atoms with E-state index in [0.29, 0.717) is 5.56 Å². The van der Waals surface area contributed by atoms with Crippen LogP contribution in [0.25, 0.3) is 11.3 Å². The second kappa shape index (κ2) is 7.79. The van der Waals surface area contributed by atoms with E-state index in [1.54, 1.807) is 0 Å². The molecule has 1 aliphatic heterocycles. The molecule has 1 N–H and O–H groups in total. The lowest BCUT2D eigenvalue weighted by Crippen LogP contribution is -2.49. The van der Waals surface area contributed by atoms with Crippen LogP contribution in [0.1, 0.15) is 18.1 Å². The van der Waals surface area contributed by atoms with Gasteiger partial charge in [0.2, 0.25) is 0 Å². The van der Waals surface area contributed by atoms with Crippen LogP contribution in [0.2, 0.25) is 0 Å². The van der Waals surface area contributed by atoms with Crippen molar-refractivity contribution >= 4 is 0 Å². The van der Waals surface area contributed by atoms with Gasteiger partial charge >= 0.3 is 0 Å². The summed E-state index contributed by atoms with van der Waals surface area (Å²) in [6.45, 7) is 5.63. The number of aromatic nitrogens is 2. The van der Waals surface area contributed by atoms with Crippen molar-refractivity contribution in [3.63, 3.8) is 0 Å². The zero-order valence-electron chi connectivity index (χ0n) is 15.1. The van der Waals surface area contributed by atoms with Crippen LogP contribution in [0.15, 0.2) is 30.5 Å². The van der Waals surface area contributed by atoms with Gasteiger partial charge in [-0.1, -0.05) is 12.1 Å². The van der Waals surface area contributed by atoms with E-state index < -0.39 is 0 Å². The zero-order chi connectivity index (χ0) is 17.8. The maximum atomic E-state index is 8.95. The fourth-order valence-corrected chi connectivity index (χ4v) is 3.13. The third kappa shape index (κ3) is 4.26. The standard InChI is InChI=1S/C19H25N5O/c1-14(18-13-23(2)8-9-25-18)21-11-17-12-24(3)22-19(17)16-6-4-15(10-20)5-7-16/h4-7,12,14,18,21H,8-9,11,13H2,1-3H3/t14-,18-/m1/s1. The summed E-state index contributed by atoms with van der Waals surface area (Å²) in [5, 5.41) is 17.1. The molecule has 1 saturated heterocycles. The van der Waals surface area contributed by atoms with Crippen LogP contribution in [0.4, 0.5) is 0 Å². The van der Waals surface area contributed by atoms with Gasteiger partial charge in [0.05, 0.1) is 30.0 Å². The molecule has 2 aromatic rings. The molecule has 0 bridgehead atoms. The third-order valence-corrected chi connectivity index (χ3v) is 4.66. The fraction of sp³-hybridized carbons (Fsp3) is 0.474. The first-order valence-corrected chi connectivity index (χ1v) is 8.63. The number of ether oxygens (including phenoxy) is 1. The summed E-state index contributed by atoms with van der Waals surface area (Å²) in [7, 11) is 4.06. The highest BCUT2D eigenvalue weighted by molar-refractivity contribution is 5.63. The first-order chi connectivity index (χ1) is 12.1. The van der Waals surface area contributed by atoms with Crippen LogP contribution in [0.5, 0.6) is 0 Å². The van der Waals surface area contributed by atoms with Gasteiger partial charge in [0.15, 0.2) is 0 Å². The number of nitriles is 1. The Morgan fingerprint density at radius 3 is 2.80 bits per heavy atom. The molecular weight excluding hydrogens is 314 g/mol. The van der Waals surface area contributed by atoms with Crippen molar-refractivity contribution in [3.8, 4) is 17.3 Å². The highest BCUT2D eigenvalue weighted by Crippen LogP contribution is 2.22. The van der Waals surface area contributed by atoms with Crippen LogP contribution in [-0.2, 0) is 18.3 Å². The Bertz CT molecular complexity index is 746. The summed E-state index contributed by atoms with van der Waals surface area (Å²) in [5.74, 6) is 0. The lowest BCUT2D eigenvalue weighted by molar-refractivity contribution is -0.0356. The van der Waals surface area contributed by atoms with E-state index in [2.05, 4.69) is 35.4 Å². The highest BCUT2D eigenvalue weighted by atomic mass is 16.5. The normalized spacial score (nSPS) is 19.5. The van der Waals surface area contributed by atoms with Crippen LogP contribution in [0, 0.1) is 11.3 Å². The van der Waals surface area contributed by atoms with E-state index in [-0.39, 0.29) is 12.1 Å². The largest absolute Gasteiger partial charge is 0.374 e. The predicted molar refractivity (Wildman–Crippen MR) is 96.9 cm³/mol. The zero-order valence-corrected chi connectivity index (χ0v) is 15.1. The molecule has 132 valence electrons. The second-order valence-electron chi connectivity index (χ2n) is 6.71. The number of aryl methyl sites for hydroxylation is 1. The molecule has 1 aromatic heterocycles. The van der Waals surface area contributed by atoms with E-state index in [9.17, 15) is 0 Å². The van der Waals surface area contributed by atoms with Crippen LogP contribution in [0.3, 0.4) is 0 Å².